The first kappa shape index (κ1) is 24.4. The molecule has 10 nitrogen and oxygen atoms in total. The van der Waals surface area contributed by atoms with E-state index < -0.39 is 34.5 Å². The summed E-state index contributed by atoms with van der Waals surface area (Å²) in [6.07, 6.45) is 0. The minimum absolute atomic E-state index is 0.0502. The first-order valence-electron chi connectivity index (χ1n) is 10.2. The van der Waals surface area contributed by atoms with Crippen LogP contribution in [0.3, 0.4) is 0 Å². The summed E-state index contributed by atoms with van der Waals surface area (Å²) in [6.45, 7) is 2.45. The number of rotatable bonds is 8. The van der Waals surface area contributed by atoms with Gasteiger partial charge in [0, 0.05) is 13.1 Å². The fourth-order valence-electron chi connectivity index (χ4n) is 3.08. The van der Waals surface area contributed by atoms with Crippen molar-refractivity contribution < 1.29 is 37.0 Å². The van der Waals surface area contributed by atoms with Crippen molar-refractivity contribution >= 4 is 33.6 Å². The van der Waals surface area contributed by atoms with Crippen LogP contribution in [0.4, 0.5) is 5.69 Å². The highest BCUT2D eigenvalue weighted by Gasteiger charge is 2.26. The highest BCUT2D eigenvalue weighted by atomic mass is 32.2. The van der Waals surface area contributed by atoms with Crippen LogP contribution in [0.1, 0.15) is 27.6 Å². The van der Waals surface area contributed by atoms with Gasteiger partial charge in [0.25, 0.3) is 5.91 Å². The van der Waals surface area contributed by atoms with Gasteiger partial charge in [-0.25, -0.2) is 18.0 Å². The van der Waals surface area contributed by atoms with Crippen molar-refractivity contribution in [3.05, 3.63) is 59.7 Å². The van der Waals surface area contributed by atoms with E-state index in [1.807, 2.05) is 0 Å². The Kier molecular flexibility index (Phi) is 8.15. The Morgan fingerprint density at radius 2 is 1.64 bits per heavy atom. The monoisotopic (exact) mass is 476 g/mol. The van der Waals surface area contributed by atoms with Crippen molar-refractivity contribution in [3.8, 4) is 0 Å². The van der Waals surface area contributed by atoms with Crippen molar-refractivity contribution in [2.45, 2.75) is 11.8 Å². The van der Waals surface area contributed by atoms with E-state index in [2.05, 4.69) is 5.32 Å². The van der Waals surface area contributed by atoms with E-state index in [4.69, 9.17) is 14.2 Å². The standard InChI is InChI=1S/C22H24N2O8S/c1-2-31-22(27)18-5-3-4-6-19(18)23-20(25)15-32-21(26)16-7-9-17(10-8-16)33(28,29)24-11-13-30-14-12-24/h3-10H,2,11-15H2,1H3,(H,23,25). The summed E-state index contributed by atoms with van der Waals surface area (Å²) < 4.78 is 41.7. The molecule has 1 aliphatic rings. The van der Waals surface area contributed by atoms with Gasteiger partial charge in [0.15, 0.2) is 6.61 Å². The van der Waals surface area contributed by atoms with Crippen LogP contribution >= 0.6 is 0 Å². The Morgan fingerprint density at radius 1 is 0.970 bits per heavy atom. The molecule has 0 aromatic heterocycles. The summed E-state index contributed by atoms with van der Waals surface area (Å²) in [5, 5.41) is 2.51. The molecular weight excluding hydrogens is 452 g/mol. The molecule has 0 bridgehead atoms. The van der Waals surface area contributed by atoms with Crippen LogP contribution in [-0.2, 0) is 29.0 Å². The van der Waals surface area contributed by atoms with Crippen molar-refractivity contribution in [1.82, 2.24) is 4.31 Å². The highest BCUT2D eigenvalue weighted by Crippen LogP contribution is 2.19. The van der Waals surface area contributed by atoms with E-state index in [-0.39, 0.29) is 41.4 Å². The Morgan fingerprint density at radius 3 is 2.30 bits per heavy atom. The molecule has 1 fully saturated rings. The summed E-state index contributed by atoms with van der Waals surface area (Å²) in [5.41, 5.74) is 0.501. The number of morpholine rings is 1. The molecular formula is C22H24N2O8S. The molecule has 1 N–H and O–H groups in total. The van der Waals surface area contributed by atoms with Gasteiger partial charge in [-0.1, -0.05) is 12.1 Å². The van der Waals surface area contributed by atoms with E-state index >= 15 is 0 Å². The maximum atomic E-state index is 12.6. The van der Waals surface area contributed by atoms with Gasteiger partial charge in [-0.3, -0.25) is 4.79 Å². The number of esters is 2. The third kappa shape index (κ3) is 6.15. The molecule has 176 valence electrons. The smallest absolute Gasteiger partial charge is 0.340 e. The normalized spacial score (nSPS) is 14.3. The zero-order valence-electron chi connectivity index (χ0n) is 18.0. The molecule has 1 saturated heterocycles. The van der Waals surface area contributed by atoms with Crippen LogP contribution in [0.2, 0.25) is 0 Å². The first-order chi connectivity index (χ1) is 15.8. The van der Waals surface area contributed by atoms with Crippen molar-refractivity contribution in [2.24, 2.45) is 0 Å². The molecule has 2 aromatic carbocycles. The van der Waals surface area contributed by atoms with Gasteiger partial charge < -0.3 is 19.5 Å². The topological polar surface area (TPSA) is 128 Å². The maximum absolute atomic E-state index is 12.6. The fourth-order valence-corrected chi connectivity index (χ4v) is 4.49. The Bertz CT molecular complexity index is 1110. The number of ether oxygens (including phenoxy) is 3. The van der Waals surface area contributed by atoms with E-state index in [0.29, 0.717) is 13.2 Å². The molecule has 1 heterocycles. The summed E-state index contributed by atoms with van der Waals surface area (Å²) in [6, 6.07) is 11.6. The quantitative estimate of drug-likeness (QED) is 0.570. The van der Waals surface area contributed by atoms with Gasteiger partial charge in [0.05, 0.1) is 41.5 Å². The van der Waals surface area contributed by atoms with Gasteiger partial charge >= 0.3 is 11.9 Å². The lowest BCUT2D eigenvalue weighted by molar-refractivity contribution is -0.119. The highest BCUT2D eigenvalue weighted by molar-refractivity contribution is 7.89. The van der Waals surface area contributed by atoms with Gasteiger partial charge in [-0.2, -0.15) is 4.31 Å². The number of sulfonamides is 1. The third-order valence-corrected chi connectivity index (χ3v) is 6.64. The maximum Gasteiger partial charge on any atom is 0.340 e. The molecule has 1 aliphatic heterocycles. The van der Waals surface area contributed by atoms with Gasteiger partial charge in [-0.05, 0) is 43.3 Å². The molecule has 2 aromatic rings. The van der Waals surface area contributed by atoms with Gasteiger partial charge in [-0.15, -0.1) is 0 Å². The van der Waals surface area contributed by atoms with Crippen LogP contribution in [0, 0.1) is 0 Å². The SMILES string of the molecule is CCOC(=O)c1ccccc1NC(=O)COC(=O)c1ccc(S(=O)(=O)N2CCOCC2)cc1. The Balaban J connectivity index is 1.58. The number of carbonyl (C=O) groups excluding carboxylic acids is 3. The zero-order chi connectivity index (χ0) is 23.8. The van der Waals surface area contributed by atoms with Gasteiger partial charge in [0.2, 0.25) is 10.0 Å². The van der Waals surface area contributed by atoms with E-state index in [0.717, 1.165) is 0 Å². The van der Waals surface area contributed by atoms with Crippen molar-refractivity contribution in [2.75, 3.05) is 44.8 Å². The summed E-state index contributed by atoms with van der Waals surface area (Å²) >= 11 is 0. The Labute approximate surface area is 191 Å². The van der Waals surface area contributed by atoms with E-state index in [9.17, 15) is 22.8 Å². The minimum atomic E-state index is -3.68. The van der Waals surface area contributed by atoms with Crippen LogP contribution in [0.5, 0.6) is 0 Å². The van der Waals surface area contributed by atoms with E-state index in [1.54, 1.807) is 19.1 Å². The number of hydrogen-bond acceptors (Lipinski definition) is 8. The largest absolute Gasteiger partial charge is 0.462 e. The molecule has 3 rings (SSSR count). The molecule has 0 unspecified atom stereocenters. The van der Waals surface area contributed by atoms with Crippen LogP contribution in [0.15, 0.2) is 53.4 Å². The van der Waals surface area contributed by atoms with E-state index in [1.165, 1.54) is 40.7 Å². The molecule has 11 heteroatoms. The number of hydrogen-bond donors (Lipinski definition) is 1. The lowest BCUT2D eigenvalue weighted by Gasteiger charge is -2.26. The van der Waals surface area contributed by atoms with Crippen molar-refractivity contribution in [3.63, 3.8) is 0 Å². The molecule has 0 radical (unpaired) electrons. The predicted molar refractivity (Wildman–Crippen MR) is 117 cm³/mol. The fraction of sp³-hybridized carbons (Fsp3) is 0.318. The van der Waals surface area contributed by atoms with Crippen LogP contribution in [-0.4, -0.2) is 70.1 Å². The lowest BCUT2D eigenvalue weighted by atomic mass is 10.2. The summed E-state index contributed by atoms with van der Waals surface area (Å²) in [7, 11) is -3.68. The molecule has 0 aliphatic carbocycles. The number of carbonyl (C=O) groups is 3. The summed E-state index contributed by atoms with van der Waals surface area (Å²) in [5.74, 6) is -2.02. The lowest BCUT2D eigenvalue weighted by Crippen LogP contribution is -2.40. The molecule has 0 spiro atoms. The number of nitrogens with one attached hydrogen (secondary N) is 1. The Hall–Kier alpha value is -3.28. The molecule has 1 amide bonds. The number of anilines is 1. The second-order valence-electron chi connectivity index (χ2n) is 6.93. The number of para-hydroxylation sites is 1. The van der Waals surface area contributed by atoms with Crippen molar-refractivity contribution in [1.29, 1.82) is 0 Å². The number of nitrogens with zero attached hydrogens (tertiary/aromatic N) is 1. The van der Waals surface area contributed by atoms with Crippen LogP contribution < -0.4 is 5.32 Å². The zero-order valence-corrected chi connectivity index (χ0v) is 18.8. The van der Waals surface area contributed by atoms with Crippen LogP contribution in [0.25, 0.3) is 0 Å². The minimum Gasteiger partial charge on any atom is -0.462 e. The first-order valence-corrected chi connectivity index (χ1v) is 11.7. The molecule has 0 atom stereocenters. The van der Waals surface area contributed by atoms with Gasteiger partial charge in [0.1, 0.15) is 0 Å². The second kappa shape index (κ2) is 11.0. The predicted octanol–water partition coefficient (Wildman–Crippen LogP) is 1.68. The summed E-state index contributed by atoms with van der Waals surface area (Å²) in [4.78, 5) is 36.5. The third-order valence-electron chi connectivity index (χ3n) is 4.73. The molecule has 0 saturated carbocycles. The molecule has 33 heavy (non-hydrogen) atoms. The number of benzene rings is 2. The average Bonchev–Trinajstić information content (AvgIpc) is 2.83. The number of amides is 1. The average molecular weight is 477 g/mol. The second-order valence-corrected chi connectivity index (χ2v) is 8.87.